The molecule has 2 atom stereocenters. The number of aryl methyl sites for hydroxylation is 1. The summed E-state index contributed by atoms with van der Waals surface area (Å²) in [7, 11) is 0. The van der Waals surface area contributed by atoms with E-state index in [4.69, 9.17) is 5.73 Å². The van der Waals surface area contributed by atoms with Crippen molar-refractivity contribution in [3.63, 3.8) is 0 Å². The molecule has 0 aliphatic rings. The van der Waals surface area contributed by atoms with Gasteiger partial charge in [-0.1, -0.05) is 139 Å². The number of benzene rings is 5. The minimum absolute atomic E-state index is 0.111. The van der Waals surface area contributed by atoms with Gasteiger partial charge in [-0.2, -0.15) is 0 Å². The van der Waals surface area contributed by atoms with Gasteiger partial charge in [0.2, 0.25) is 0 Å². The van der Waals surface area contributed by atoms with Gasteiger partial charge in [0.25, 0.3) is 0 Å². The van der Waals surface area contributed by atoms with Gasteiger partial charge in [0.15, 0.2) is 0 Å². The highest BCUT2D eigenvalue weighted by atomic mass is 15.0. The van der Waals surface area contributed by atoms with Gasteiger partial charge in [-0.25, -0.2) is 0 Å². The molecule has 1 heterocycles. The summed E-state index contributed by atoms with van der Waals surface area (Å²) in [6.45, 7) is 22.5. The quantitative estimate of drug-likeness (QED) is 0.125. The van der Waals surface area contributed by atoms with E-state index in [9.17, 15) is 0 Å². The van der Waals surface area contributed by atoms with E-state index >= 15 is 0 Å². The van der Waals surface area contributed by atoms with E-state index in [1.807, 2.05) is 13.0 Å². The summed E-state index contributed by atoms with van der Waals surface area (Å²) in [6, 6.07) is 40.1. The predicted molar refractivity (Wildman–Crippen MR) is 209 cm³/mol. The van der Waals surface area contributed by atoms with Crippen LogP contribution in [0.25, 0.3) is 27.5 Å². The van der Waals surface area contributed by atoms with Crippen LogP contribution in [0.2, 0.25) is 0 Å². The van der Waals surface area contributed by atoms with Gasteiger partial charge in [0.1, 0.15) is 0 Å². The highest BCUT2D eigenvalue weighted by molar-refractivity contribution is 6.09. The number of anilines is 1. The first kappa shape index (κ1) is 33.1. The van der Waals surface area contributed by atoms with Crippen molar-refractivity contribution >= 4 is 27.5 Å². The van der Waals surface area contributed by atoms with Crippen molar-refractivity contribution in [3.8, 4) is 5.69 Å². The molecule has 0 fully saturated rings. The molecule has 0 radical (unpaired) electrons. The summed E-state index contributed by atoms with van der Waals surface area (Å²) in [5.41, 5.74) is 19.6. The van der Waals surface area contributed by atoms with E-state index in [1.165, 1.54) is 49.6 Å². The summed E-state index contributed by atoms with van der Waals surface area (Å²) < 4.78 is 2.36. The van der Waals surface area contributed by atoms with Crippen LogP contribution in [-0.2, 0) is 10.8 Å². The van der Waals surface area contributed by atoms with Gasteiger partial charge >= 0.3 is 0 Å². The average Bonchev–Trinajstić information content (AvgIpc) is 3.41. The Kier molecular flexibility index (Phi) is 8.73. The molecule has 6 rings (SSSR count). The number of allylic oxidation sites excluding steroid dienone is 3. The fourth-order valence-corrected chi connectivity index (χ4v) is 7.83. The van der Waals surface area contributed by atoms with Crippen molar-refractivity contribution in [1.29, 1.82) is 0 Å². The fraction of sp³-hybridized carbons (Fsp3) is 0.261. The van der Waals surface area contributed by atoms with E-state index in [1.54, 1.807) is 0 Å². The third-order valence-corrected chi connectivity index (χ3v) is 11.1. The topological polar surface area (TPSA) is 30.9 Å². The molecule has 6 aromatic rings. The fourth-order valence-electron chi connectivity index (χ4n) is 7.83. The summed E-state index contributed by atoms with van der Waals surface area (Å²) in [6.07, 6.45) is 4.11. The second-order valence-corrected chi connectivity index (χ2v) is 14.7. The molecule has 48 heavy (non-hydrogen) atoms. The molecule has 244 valence electrons. The van der Waals surface area contributed by atoms with Gasteiger partial charge in [-0.15, -0.1) is 0 Å². The Morgan fingerprint density at radius 1 is 0.708 bits per heavy atom. The maximum Gasteiger partial charge on any atom is 0.0541 e. The molecule has 2 N–H and O–H groups in total. The van der Waals surface area contributed by atoms with Crippen LogP contribution >= 0.6 is 0 Å². The van der Waals surface area contributed by atoms with E-state index in [0.29, 0.717) is 11.8 Å². The van der Waals surface area contributed by atoms with E-state index in [2.05, 4.69) is 175 Å². The van der Waals surface area contributed by atoms with E-state index in [0.717, 1.165) is 22.5 Å². The van der Waals surface area contributed by atoms with Crippen molar-refractivity contribution in [2.24, 2.45) is 0 Å². The van der Waals surface area contributed by atoms with Crippen molar-refractivity contribution in [2.75, 3.05) is 5.73 Å². The van der Waals surface area contributed by atoms with Crippen molar-refractivity contribution < 1.29 is 0 Å². The molecule has 0 spiro atoms. The molecule has 5 aromatic carbocycles. The van der Waals surface area contributed by atoms with Crippen molar-refractivity contribution in [1.82, 2.24) is 4.57 Å². The van der Waals surface area contributed by atoms with Crippen molar-refractivity contribution in [3.05, 3.63) is 167 Å². The van der Waals surface area contributed by atoms with Crippen LogP contribution in [0.15, 0.2) is 133 Å². The molecule has 0 saturated carbocycles. The lowest BCUT2D eigenvalue weighted by Gasteiger charge is -2.33. The minimum Gasteiger partial charge on any atom is -0.398 e. The Hall–Kier alpha value is -4.82. The Bertz CT molecular complexity index is 2170. The number of nitrogens with zero attached hydrogens (tertiary/aromatic N) is 1. The first-order valence-corrected chi connectivity index (χ1v) is 17.3. The van der Waals surface area contributed by atoms with Gasteiger partial charge < -0.3 is 10.3 Å². The minimum atomic E-state index is -0.272. The van der Waals surface area contributed by atoms with Crippen LogP contribution in [0.4, 0.5) is 5.69 Å². The van der Waals surface area contributed by atoms with Crippen LogP contribution in [0.3, 0.4) is 0 Å². The molecular formula is C46H50N2. The Balaban J connectivity index is 1.42. The first-order valence-electron chi connectivity index (χ1n) is 17.3. The molecule has 0 bridgehead atoms. The Morgan fingerprint density at radius 2 is 1.35 bits per heavy atom. The molecule has 2 unspecified atom stereocenters. The van der Waals surface area contributed by atoms with E-state index < -0.39 is 0 Å². The number of para-hydroxylation sites is 1. The number of aromatic nitrogens is 1. The van der Waals surface area contributed by atoms with Crippen LogP contribution in [0.5, 0.6) is 0 Å². The highest BCUT2D eigenvalue weighted by Crippen LogP contribution is 2.43. The van der Waals surface area contributed by atoms with E-state index in [-0.39, 0.29) is 10.8 Å². The van der Waals surface area contributed by atoms with Gasteiger partial charge in [-0.05, 0) is 95.0 Å². The van der Waals surface area contributed by atoms with Crippen LogP contribution in [0.1, 0.15) is 93.7 Å². The molecule has 0 saturated heterocycles. The first-order chi connectivity index (χ1) is 22.9. The second kappa shape index (κ2) is 12.7. The lowest BCUT2D eigenvalue weighted by Crippen LogP contribution is -2.23. The van der Waals surface area contributed by atoms with Gasteiger partial charge in [-0.3, -0.25) is 0 Å². The summed E-state index contributed by atoms with van der Waals surface area (Å²) >= 11 is 0. The maximum absolute atomic E-state index is 6.80. The largest absolute Gasteiger partial charge is 0.398 e. The summed E-state index contributed by atoms with van der Waals surface area (Å²) in [4.78, 5) is 0. The van der Waals surface area contributed by atoms with Crippen LogP contribution in [-0.4, -0.2) is 4.57 Å². The Labute approximate surface area is 287 Å². The third kappa shape index (κ3) is 5.58. The highest BCUT2D eigenvalue weighted by Gasteiger charge is 2.30. The number of fused-ring (bicyclic) bond motifs is 3. The lowest BCUT2D eigenvalue weighted by atomic mass is 9.71. The standard InChI is InChI=1S/C46H50N2/c1-10-17-31(3)45(6,7)41-26-25-35(29-42(41)47)48-43-23-16-13-20-37(43)38-28-34(24-27-44(38)48)32(4)33(5)36-19-12-15-22-40(36)46(8,9)39-21-14-11-18-30(39)2/h10-29,32-33H,3,47H2,1-2,4-9H3/b17-10-. The number of hydrogen-bond donors (Lipinski definition) is 1. The molecule has 2 heteroatoms. The number of nitrogen functional groups attached to an aromatic ring is 1. The zero-order valence-corrected chi connectivity index (χ0v) is 29.9. The summed E-state index contributed by atoms with van der Waals surface area (Å²) in [5, 5.41) is 2.51. The SMILES string of the molecule is C=C(/C=C\C)C(C)(C)c1ccc(-n2c3ccccc3c3cc(C(C)C(C)c4ccccc4C(C)(C)c4ccccc4C)ccc32)cc1N. The average molecular weight is 631 g/mol. The molecule has 1 aromatic heterocycles. The molecule has 0 amide bonds. The Morgan fingerprint density at radius 3 is 2.06 bits per heavy atom. The normalized spacial score (nSPS) is 13.8. The maximum atomic E-state index is 6.80. The van der Waals surface area contributed by atoms with Crippen LogP contribution in [0, 0.1) is 6.92 Å². The summed E-state index contributed by atoms with van der Waals surface area (Å²) in [5.74, 6) is 0.635. The molecule has 0 aliphatic heterocycles. The smallest absolute Gasteiger partial charge is 0.0541 e. The monoisotopic (exact) mass is 630 g/mol. The number of rotatable bonds is 9. The van der Waals surface area contributed by atoms with Crippen LogP contribution < -0.4 is 5.73 Å². The zero-order valence-electron chi connectivity index (χ0n) is 29.9. The predicted octanol–water partition coefficient (Wildman–Crippen LogP) is 12.3. The molecular weight excluding hydrogens is 581 g/mol. The third-order valence-electron chi connectivity index (χ3n) is 11.1. The van der Waals surface area contributed by atoms with Gasteiger partial charge in [0, 0.05) is 33.0 Å². The molecule has 2 nitrogen and oxygen atoms in total. The zero-order chi connectivity index (χ0) is 34.4. The molecule has 0 aliphatic carbocycles. The van der Waals surface area contributed by atoms with Crippen molar-refractivity contribution in [2.45, 2.75) is 78.1 Å². The number of nitrogens with two attached hydrogens (primary N) is 1. The second-order valence-electron chi connectivity index (χ2n) is 14.7. The van der Waals surface area contributed by atoms with Gasteiger partial charge in [0.05, 0.1) is 11.0 Å². The lowest BCUT2D eigenvalue weighted by molar-refractivity contribution is 0.578. The number of hydrogen-bond acceptors (Lipinski definition) is 1.